The SMILES string of the molecule is COC(=O)C(=Cc1cc[c]cc1)C(=O)OC. The number of methoxy groups -OCH3 is 2. The van der Waals surface area contributed by atoms with Crippen molar-refractivity contribution in [1.82, 2.24) is 0 Å². The maximum absolute atomic E-state index is 11.3. The van der Waals surface area contributed by atoms with Crippen LogP contribution in [0.4, 0.5) is 0 Å². The first-order valence-electron chi connectivity index (χ1n) is 4.53. The molecule has 1 aromatic rings. The topological polar surface area (TPSA) is 52.6 Å². The van der Waals surface area contributed by atoms with E-state index in [0.29, 0.717) is 5.56 Å². The summed E-state index contributed by atoms with van der Waals surface area (Å²) in [6.07, 6.45) is 1.41. The van der Waals surface area contributed by atoms with Gasteiger partial charge in [-0.2, -0.15) is 0 Å². The van der Waals surface area contributed by atoms with E-state index in [1.165, 1.54) is 20.3 Å². The third-order valence-corrected chi connectivity index (χ3v) is 1.87. The Labute approximate surface area is 93.5 Å². The third kappa shape index (κ3) is 2.95. The molecule has 83 valence electrons. The summed E-state index contributed by atoms with van der Waals surface area (Å²) >= 11 is 0. The largest absolute Gasteiger partial charge is 0.465 e. The van der Waals surface area contributed by atoms with Gasteiger partial charge >= 0.3 is 11.9 Å². The fraction of sp³-hybridized carbons (Fsp3) is 0.167. The molecular formula is C12H11O4. The summed E-state index contributed by atoms with van der Waals surface area (Å²) in [5, 5.41) is 0. The highest BCUT2D eigenvalue weighted by Crippen LogP contribution is 2.09. The van der Waals surface area contributed by atoms with E-state index in [4.69, 9.17) is 0 Å². The van der Waals surface area contributed by atoms with Crippen LogP contribution in [0.15, 0.2) is 29.8 Å². The average molecular weight is 219 g/mol. The van der Waals surface area contributed by atoms with E-state index in [1.54, 1.807) is 24.3 Å². The maximum Gasteiger partial charge on any atom is 0.345 e. The van der Waals surface area contributed by atoms with Gasteiger partial charge in [-0.15, -0.1) is 0 Å². The van der Waals surface area contributed by atoms with Gasteiger partial charge in [-0.3, -0.25) is 0 Å². The lowest BCUT2D eigenvalue weighted by Gasteiger charge is -2.03. The van der Waals surface area contributed by atoms with Crippen LogP contribution in [0.1, 0.15) is 5.56 Å². The fourth-order valence-electron chi connectivity index (χ4n) is 1.08. The molecule has 4 nitrogen and oxygen atoms in total. The standard InChI is InChI=1S/C12H11O4/c1-15-11(13)10(12(14)16-2)8-9-6-4-3-5-7-9/h4-8H,1-2H3. The molecule has 0 saturated carbocycles. The van der Waals surface area contributed by atoms with Crippen molar-refractivity contribution in [2.75, 3.05) is 14.2 Å². The summed E-state index contributed by atoms with van der Waals surface area (Å²) < 4.78 is 8.98. The van der Waals surface area contributed by atoms with Gasteiger partial charge in [-0.1, -0.05) is 24.3 Å². The molecule has 0 aliphatic rings. The highest BCUT2D eigenvalue weighted by atomic mass is 16.5. The molecule has 1 aromatic carbocycles. The molecule has 0 fully saturated rings. The van der Waals surface area contributed by atoms with Crippen molar-refractivity contribution in [3.63, 3.8) is 0 Å². The molecule has 0 bridgehead atoms. The van der Waals surface area contributed by atoms with Gasteiger partial charge in [0.1, 0.15) is 5.57 Å². The molecule has 4 heteroatoms. The normalized spacial score (nSPS) is 9.12. The Kier molecular flexibility index (Phi) is 4.27. The van der Waals surface area contributed by atoms with E-state index >= 15 is 0 Å². The highest BCUT2D eigenvalue weighted by Gasteiger charge is 2.19. The molecule has 0 unspecified atom stereocenters. The second-order valence-corrected chi connectivity index (χ2v) is 2.87. The van der Waals surface area contributed by atoms with Crippen LogP contribution >= 0.6 is 0 Å². The van der Waals surface area contributed by atoms with Crippen LogP contribution in [0, 0.1) is 6.07 Å². The molecule has 0 aliphatic heterocycles. The minimum atomic E-state index is -0.723. The average Bonchev–Trinajstić information content (AvgIpc) is 2.35. The number of carbonyl (C=O) groups is 2. The van der Waals surface area contributed by atoms with E-state index in [2.05, 4.69) is 15.5 Å². The summed E-state index contributed by atoms with van der Waals surface area (Å²) in [5.74, 6) is -1.45. The molecule has 0 atom stereocenters. The van der Waals surface area contributed by atoms with Crippen LogP contribution < -0.4 is 0 Å². The van der Waals surface area contributed by atoms with Crippen molar-refractivity contribution in [2.24, 2.45) is 0 Å². The number of ether oxygens (including phenoxy) is 2. The van der Waals surface area contributed by atoms with Crippen molar-refractivity contribution in [1.29, 1.82) is 0 Å². The number of rotatable bonds is 3. The Morgan fingerprint density at radius 2 is 1.62 bits per heavy atom. The molecular weight excluding hydrogens is 208 g/mol. The van der Waals surface area contributed by atoms with Crippen molar-refractivity contribution >= 4 is 18.0 Å². The summed E-state index contributed by atoms with van der Waals surface area (Å²) in [4.78, 5) is 22.6. The lowest BCUT2D eigenvalue weighted by Crippen LogP contribution is -2.15. The van der Waals surface area contributed by atoms with Crippen LogP contribution in [-0.4, -0.2) is 26.2 Å². The van der Waals surface area contributed by atoms with Crippen molar-refractivity contribution in [2.45, 2.75) is 0 Å². The van der Waals surface area contributed by atoms with E-state index in [-0.39, 0.29) is 5.57 Å². The first-order chi connectivity index (χ1) is 7.69. The minimum absolute atomic E-state index is 0.142. The first-order valence-corrected chi connectivity index (χ1v) is 4.53. The number of hydrogen-bond donors (Lipinski definition) is 0. The summed E-state index contributed by atoms with van der Waals surface area (Å²) in [7, 11) is 2.41. The van der Waals surface area contributed by atoms with Crippen LogP contribution in [0.2, 0.25) is 0 Å². The third-order valence-electron chi connectivity index (χ3n) is 1.87. The van der Waals surface area contributed by atoms with Crippen LogP contribution in [0.5, 0.6) is 0 Å². The molecule has 0 aliphatic carbocycles. The predicted molar refractivity (Wildman–Crippen MR) is 57.3 cm³/mol. The van der Waals surface area contributed by atoms with Crippen molar-refractivity contribution in [3.8, 4) is 0 Å². The van der Waals surface area contributed by atoms with Gasteiger partial charge < -0.3 is 9.47 Å². The maximum atomic E-state index is 11.3. The molecule has 0 heterocycles. The number of benzene rings is 1. The number of esters is 2. The van der Waals surface area contributed by atoms with Gasteiger partial charge in [0.05, 0.1) is 14.2 Å². The molecule has 0 amide bonds. The van der Waals surface area contributed by atoms with Gasteiger partial charge in [0.25, 0.3) is 0 Å². The van der Waals surface area contributed by atoms with Crippen molar-refractivity contribution < 1.29 is 19.1 Å². The van der Waals surface area contributed by atoms with Crippen LogP contribution in [-0.2, 0) is 19.1 Å². The molecule has 1 rings (SSSR count). The Bertz CT molecular complexity index is 388. The Hall–Kier alpha value is -2.10. The second-order valence-electron chi connectivity index (χ2n) is 2.87. The van der Waals surface area contributed by atoms with Gasteiger partial charge in [-0.05, 0) is 17.7 Å². The Morgan fingerprint density at radius 1 is 1.12 bits per heavy atom. The van der Waals surface area contributed by atoms with E-state index < -0.39 is 11.9 Å². The number of carbonyl (C=O) groups excluding carboxylic acids is 2. The summed E-state index contributed by atoms with van der Waals surface area (Å²) in [6, 6.07) is 9.62. The lowest BCUT2D eigenvalue weighted by molar-refractivity contribution is -0.143. The van der Waals surface area contributed by atoms with E-state index in [0.717, 1.165) is 0 Å². The van der Waals surface area contributed by atoms with Crippen LogP contribution in [0.25, 0.3) is 6.08 Å². The van der Waals surface area contributed by atoms with Gasteiger partial charge in [0.2, 0.25) is 0 Å². The smallest absolute Gasteiger partial charge is 0.345 e. The quantitative estimate of drug-likeness (QED) is 0.332. The molecule has 0 saturated heterocycles. The zero-order chi connectivity index (χ0) is 12.0. The van der Waals surface area contributed by atoms with Gasteiger partial charge in [0.15, 0.2) is 0 Å². The fourth-order valence-corrected chi connectivity index (χ4v) is 1.08. The van der Waals surface area contributed by atoms with Gasteiger partial charge in [0, 0.05) is 0 Å². The second kappa shape index (κ2) is 5.70. The molecule has 0 aromatic heterocycles. The van der Waals surface area contributed by atoms with Crippen molar-refractivity contribution in [3.05, 3.63) is 41.5 Å². The van der Waals surface area contributed by atoms with E-state index in [9.17, 15) is 9.59 Å². The van der Waals surface area contributed by atoms with E-state index in [1.807, 2.05) is 0 Å². The monoisotopic (exact) mass is 219 g/mol. The lowest BCUT2D eigenvalue weighted by atomic mass is 10.1. The Balaban J connectivity index is 3.06. The zero-order valence-corrected chi connectivity index (χ0v) is 9.02. The predicted octanol–water partition coefficient (Wildman–Crippen LogP) is 1.22. The highest BCUT2D eigenvalue weighted by molar-refractivity contribution is 6.17. The zero-order valence-electron chi connectivity index (χ0n) is 9.02. The molecule has 0 N–H and O–H groups in total. The first kappa shape index (κ1) is 12.0. The summed E-state index contributed by atoms with van der Waals surface area (Å²) in [5.41, 5.74) is 0.556. The molecule has 0 spiro atoms. The minimum Gasteiger partial charge on any atom is -0.465 e. The summed E-state index contributed by atoms with van der Waals surface area (Å²) in [6.45, 7) is 0. The Morgan fingerprint density at radius 3 is 2.06 bits per heavy atom. The van der Waals surface area contributed by atoms with Crippen LogP contribution in [0.3, 0.4) is 0 Å². The molecule has 1 radical (unpaired) electrons. The molecule has 16 heavy (non-hydrogen) atoms. The van der Waals surface area contributed by atoms with Gasteiger partial charge in [-0.25, -0.2) is 9.59 Å². The number of hydrogen-bond acceptors (Lipinski definition) is 4.